The summed E-state index contributed by atoms with van der Waals surface area (Å²) in [4.78, 5) is 22.6. The van der Waals surface area contributed by atoms with Gasteiger partial charge in [-0.3, -0.25) is 9.59 Å². The number of nitrogens with two attached hydrogens (primary N) is 1. The zero-order valence-electron chi connectivity index (χ0n) is 11.1. The van der Waals surface area contributed by atoms with Crippen LogP contribution in [0.1, 0.15) is 17.3 Å². The number of hydrogen-bond acceptors (Lipinski definition) is 4. The molecule has 2 amide bonds. The summed E-state index contributed by atoms with van der Waals surface area (Å²) < 4.78 is 4.85. The Morgan fingerprint density at radius 1 is 1.32 bits per heavy atom. The Kier molecular flexibility index (Phi) is 5.81. The van der Waals surface area contributed by atoms with Crippen molar-refractivity contribution in [2.24, 2.45) is 5.73 Å². The number of rotatable bonds is 7. The zero-order chi connectivity index (χ0) is 14.3. The summed E-state index contributed by atoms with van der Waals surface area (Å²) in [6, 6.07) is 6.26. The van der Waals surface area contributed by atoms with E-state index in [4.69, 9.17) is 10.5 Å². The van der Waals surface area contributed by atoms with Crippen molar-refractivity contribution in [3.8, 4) is 0 Å². The molecule has 0 aliphatic heterocycles. The summed E-state index contributed by atoms with van der Waals surface area (Å²) in [6.07, 6.45) is 0. The van der Waals surface area contributed by atoms with Gasteiger partial charge in [-0.2, -0.15) is 0 Å². The SMILES string of the molecule is COCCNC(=O)C(C)Nc1ccc(C(N)=O)cc1. The molecule has 6 nitrogen and oxygen atoms in total. The Hall–Kier alpha value is -2.08. The minimum absolute atomic E-state index is 0.115. The summed E-state index contributed by atoms with van der Waals surface area (Å²) in [5.41, 5.74) is 6.33. The lowest BCUT2D eigenvalue weighted by Gasteiger charge is -2.15. The normalized spacial score (nSPS) is 11.7. The molecule has 0 radical (unpaired) electrons. The summed E-state index contributed by atoms with van der Waals surface area (Å²) in [5.74, 6) is -0.590. The molecule has 0 aliphatic rings. The van der Waals surface area contributed by atoms with E-state index in [2.05, 4.69) is 10.6 Å². The first-order valence-electron chi connectivity index (χ1n) is 5.97. The number of ether oxygens (including phenoxy) is 1. The third-order valence-electron chi connectivity index (χ3n) is 2.55. The predicted octanol–water partition coefficient (Wildman–Crippen LogP) is 0.349. The second-order valence-electron chi connectivity index (χ2n) is 4.09. The quantitative estimate of drug-likeness (QED) is 0.620. The number of methoxy groups -OCH3 is 1. The van der Waals surface area contributed by atoms with Gasteiger partial charge in [0, 0.05) is 24.9 Å². The Morgan fingerprint density at radius 3 is 2.47 bits per heavy atom. The number of carbonyl (C=O) groups excluding carboxylic acids is 2. The van der Waals surface area contributed by atoms with E-state index in [1.165, 1.54) is 0 Å². The number of benzene rings is 1. The number of anilines is 1. The summed E-state index contributed by atoms with van der Waals surface area (Å²) in [7, 11) is 1.58. The van der Waals surface area contributed by atoms with Crippen LogP contribution in [0.25, 0.3) is 0 Å². The van der Waals surface area contributed by atoms with Crippen molar-refractivity contribution in [2.75, 3.05) is 25.6 Å². The smallest absolute Gasteiger partial charge is 0.248 e. The van der Waals surface area contributed by atoms with Crippen molar-refractivity contribution in [1.29, 1.82) is 0 Å². The van der Waals surface area contributed by atoms with Crippen LogP contribution in [0.5, 0.6) is 0 Å². The Bertz CT molecular complexity index is 431. The Labute approximate surface area is 112 Å². The molecule has 4 N–H and O–H groups in total. The lowest BCUT2D eigenvalue weighted by Crippen LogP contribution is -2.39. The van der Waals surface area contributed by atoms with Gasteiger partial charge in [-0.1, -0.05) is 0 Å². The summed E-state index contributed by atoms with van der Waals surface area (Å²) in [6.45, 7) is 2.71. The Balaban J connectivity index is 2.49. The molecule has 104 valence electrons. The van der Waals surface area contributed by atoms with Gasteiger partial charge in [-0.15, -0.1) is 0 Å². The van der Waals surface area contributed by atoms with Crippen molar-refractivity contribution in [1.82, 2.24) is 5.32 Å². The van der Waals surface area contributed by atoms with E-state index < -0.39 is 5.91 Å². The molecule has 1 aromatic rings. The topological polar surface area (TPSA) is 93.4 Å². The molecule has 1 rings (SSSR count). The molecule has 0 heterocycles. The fourth-order valence-electron chi connectivity index (χ4n) is 1.48. The van der Waals surface area contributed by atoms with Crippen molar-refractivity contribution < 1.29 is 14.3 Å². The van der Waals surface area contributed by atoms with Gasteiger partial charge in [0.1, 0.15) is 6.04 Å². The number of carbonyl (C=O) groups is 2. The van der Waals surface area contributed by atoms with Crippen molar-refractivity contribution in [3.63, 3.8) is 0 Å². The average Bonchev–Trinajstić information content (AvgIpc) is 2.39. The van der Waals surface area contributed by atoms with E-state index in [-0.39, 0.29) is 11.9 Å². The van der Waals surface area contributed by atoms with Crippen LogP contribution < -0.4 is 16.4 Å². The minimum Gasteiger partial charge on any atom is -0.383 e. The van der Waals surface area contributed by atoms with Crippen molar-refractivity contribution in [3.05, 3.63) is 29.8 Å². The highest BCUT2D eigenvalue weighted by atomic mass is 16.5. The van der Waals surface area contributed by atoms with Gasteiger partial charge in [0.15, 0.2) is 0 Å². The monoisotopic (exact) mass is 265 g/mol. The lowest BCUT2D eigenvalue weighted by atomic mass is 10.2. The van der Waals surface area contributed by atoms with Gasteiger partial charge >= 0.3 is 0 Å². The molecule has 0 aromatic heterocycles. The van der Waals surface area contributed by atoms with E-state index in [0.29, 0.717) is 18.7 Å². The first-order valence-corrected chi connectivity index (χ1v) is 5.97. The molecule has 6 heteroatoms. The first-order chi connectivity index (χ1) is 9.04. The highest BCUT2D eigenvalue weighted by Gasteiger charge is 2.11. The molecule has 1 atom stereocenters. The molecule has 19 heavy (non-hydrogen) atoms. The van der Waals surface area contributed by atoms with Crippen LogP contribution in [0.15, 0.2) is 24.3 Å². The van der Waals surface area contributed by atoms with E-state index in [1.54, 1.807) is 38.3 Å². The molecular weight excluding hydrogens is 246 g/mol. The standard InChI is InChI=1S/C13H19N3O3/c1-9(13(18)15-7-8-19-2)16-11-5-3-10(4-6-11)12(14)17/h3-6,9,16H,7-8H2,1-2H3,(H2,14,17)(H,15,18). The molecular formula is C13H19N3O3. The Morgan fingerprint density at radius 2 is 1.95 bits per heavy atom. The molecule has 0 saturated heterocycles. The maximum atomic E-state index is 11.7. The lowest BCUT2D eigenvalue weighted by molar-refractivity contribution is -0.121. The molecule has 0 aliphatic carbocycles. The number of primary amides is 1. The van der Waals surface area contributed by atoms with Crippen molar-refractivity contribution >= 4 is 17.5 Å². The third-order valence-corrected chi connectivity index (χ3v) is 2.55. The number of amides is 2. The summed E-state index contributed by atoms with van der Waals surface area (Å²) >= 11 is 0. The third kappa shape index (κ3) is 4.97. The van der Waals surface area contributed by atoms with E-state index in [9.17, 15) is 9.59 Å². The highest BCUT2D eigenvalue weighted by molar-refractivity contribution is 5.93. The van der Waals surface area contributed by atoms with Crippen molar-refractivity contribution in [2.45, 2.75) is 13.0 Å². The van der Waals surface area contributed by atoms with Gasteiger partial charge in [0.2, 0.25) is 11.8 Å². The predicted molar refractivity (Wildman–Crippen MR) is 72.9 cm³/mol. The van der Waals surface area contributed by atoms with Gasteiger partial charge < -0.3 is 21.1 Å². The van der Waals surface area contributed by atoms with Gasteiger partial charge in [0.05, 0.1) is 6.61 Å². The van der Waals surface area contributed by atoms with Crippen LogP contribution in [0.3, 0.4) is 0 Å². The van der Waals surface area contributed by atoms with E-state index >= 15 is 0 Å². The fraction of sp³-hybridized carbons (Fsp3) is 0.385. The van der Waals surface area contributed by atoms with Crippen LogP contribution in [0, 0.1) is 0 Å². The fourth-order valence-corrected chi connectivity index (χ4v) is 1.48. The van der Waals surface area contributed by atoms with Crippen LogP contribution in [-0.2, 0) is 9.53 Å². The molecule has 0 saturated carbocycles. The second kappa shape index (κ2) is 7.38. The number of nitrogens with one attached hydrogen (secondary N) is 2. The highest BCUT2D eigenvalue weighted by Crippen LogP contribution is 2.10. The van der Waals surface area contributed by atoms with Crippen LogP contribution >= 0.6 is 0 Å². The second-order valence-corrected chi connectivity index (χ2v) is 4.09. The zero-order valence-corrected chi connectivity index (χ0v) is 11.1. The molecule has 1 unspecified atom stereocenters. The van der Waals surface area contributed by atoms with E-state index in [0.717, 1.165) is 5.69 Å². The van der Waals surface area contributed by atoms with Crippen LogP contribution in [0.4, 0.5) is 5.69 Å². The van der Waals surface area contributed by atoms with Crippen LogP contribution in [0.2, 0.25) is 0 Å². The first kappa shape index (κ1) is 15.0. The average molecular weight is 265 g/mol. The molecule has 0 fully saturated rings. The van der Waals surface area contributed by atoms with E-state index in [1.807, 2.05) is 0 Å². The van der Waals surface area contributed by atoms with Gasteiger partial charge in [-0.25, -0.2) is 0 Å². The van der Waals surface area contributed by atoms with Gasteiger partial charge in [-0.05, 0) is 31.2 Å². The largest absolute Gasteiger partial charge is 0.383 e. The maximum absolute atomic E-state index is 11.7. The molecule has 0 spiro atoms. The maximum Gasteiger partial charge on any atom is 0.248 e. The van der Waals surface area contributed by atoms with Crippen LogP contribution in [-0.4, -0.2) is 38.1 Å². The number of hydrogen-bond donors (Lipinski definition) is 3. The van der Waals surface area contributed by atoms with Gasteiger partial charge in [0.25, 0.3) is 0 Å². The summed E-state index contributed by atoms with van der Waals surface area (Å²) in [5, 5.41) is 5.76. The molecule has 1 aromatic carbocycles. The molecule has 0 bridgehead atoms. The minimum atomic E-state index is -0.475.